The number of carbonyl (C=O) groups is 2. The zero-order chi connectivity index (χ0) is 20.6. The number of hydrogen-bond acceptors (Lipinski definition) is 5. The molecule has 2 N–H and O–H groups in total. The molecule has 1 aromatic heterocycles. The molecule has 0 bridgehead atoms. The van der Waals surface area contributed by atoms with Gasteiger partial charge in [0.15, 0.2) is 0 Å². The smallest absolute Gasteiger partial charge is 0.318 e. The molecule has 4 rings (SSSR count). The van der Waals surface area contributed by atoms with Gasteiger partial charge < -0.3 is 19.8 Å². The lowest BCUT2D eigenvalue weighted by atomic mass is 9.76. The second-order valence-electron chi connectivity index (χ2n) is 7.52. The Labute approximate surface area is 169 Å². The Hall–Kier alpha value is -3.28. The van der Waals surface area contributed by atoms with Crippen LogP contribution in [0.3, 0.4) is 0 Å². The Bertz CT molecular complexity index is 1090. The first kappa shape index (κ1) is 19.1. The molecule has 2 unspecified atom stereocenters. The molecule has 150 valence electrons. The van der Waals surface area contributed by atoms with Crippen LogP contribution in [0.1, 0.15) is 23.7 Å². The number of esters is 2. The molecule has 0 saturated heterocycles. The van der Waals surface area contributed by atoms with Gasteiger partial charge in [0.05, 0.1) is 26.7 Å². The van der Waals surface area contributed by atoms with Gasteiger partial charge in [0, 0.05) is 28.7 Å². The molecule has 2 aromatic carbocycles. The summed E-state index contributed by atoms with van der Waals surface area (Å²) in [6.45, 7) is 1.91. The van der Waals surface area contributed by atoms with Crippen LogP contribution in [0, 0.1) is 0 Å². The summed E-state index contributed by atoms with van der Waals surface area (Å²) in [5.74, 6) is -0.583. The van der Waals surface area contributed by atoms with Gasteiger partial charge in [0.25, 0.3) is 0 Å². The minimum Gasteiger partial charge on any atom is -0.469 e. The van der Waals surface area contributed by atoms with E-state index >= 15 is 0 Å². The summed E-state index contributed by atoms with van der Waals surface area (Å²) in [4.78, 5) is 28.3. The van der Waals surface area contributed by atoms with Crippen molar-refractivity contribution >= 4 is 28.5 Å². The SMILES string of the molecule is COC(=O)Cc1c(CC2Nc3ccccc3C2(C)C(=O)OC)[nH]c2ccccc12. The Morgan fingerprint density at radius 2 is 1.76 bits per heavy atom. The molecule has 1 aliphatic rings. The van der Waals surface area contributed by atoms with Crippen molar-refractivity contribution in [2.75, 3.05) is 19.5 Å². The van der Waals surface area contributed by atoms with Gasteiger partial charge in [-0.05, 0) is 30.2 Å². The average molecular weight is 392 g/mol. The number of H-pyrrole nitrogens is 1. The molecule has 2 heterocycles. The lowest BCUT2D eigenvalue weighted by molar-refractivity contribution is -0.147. The van der Waals surface area contributed by atoms with E-state index in [9.17, 15) is 9.59 Å². The van der Waals surface area contributed by atoms with Crippen molar-refractivity contribution in [1.82, 2.24) is 4.98 Å². The van der Waals surface area contributed by atoms with Crippen molar-refractivity contribution in [3.63, 3.8) is 0 Å². The fraction of sp³-hybridized carbons (Fsp3) is 0.304. The molecule has 0 aliphatic carbocycles. The summed E-state index contributed by atoms with van der Waals surface area (Å²) < 4.78 is 10.1. The normalized spacial score (nSPS) is 20.2. The van der Waals surface area contributed by atoms with Crippen molar-refractivity contribution in [1.29, 1.82) is 0 Å². The van der Waals surface area contributed by atoms with Gasteiger partial charge >= 0.3 is 11.9 Å². The van der Waals surface area contributed by atoms with Crippen molar-refractivity contribution in [3.05, 3.63) is 65.4 Å². The average Bonchev–Trinajstić information content (AvgIpc) is 3.23. The number of para-hydroxylation sites is 2. The van der Waals surface area contributed by atoms with Crippen LogP contribution in [0.25, 0.3) is 10.9 Å². The van der Waals surface area contributed by atoms with Gasteiger partial charge in [0.1, 0.15) is 5.41 Å². The number of anilines is 1. The number of benzene rings is 2. The van der Waals surface area contributed by atoms with Crippen molar-refractivity contribution in [2.24, 2.45) is 0 Å². The summed E-state index contributed by atoms with van der Waals surface area (Å²) >= 11 is 0. The molecule has 6 nitrogen and oxygen atoms in total. The third kappa shape index (κ3) is 3.05. The summed E-state index contributed by atoms with van der Waals surface area (Å²) in [6.07, 6.45) is 0.700. The van der Waals surface area contributed by atoms with E-state index in [1.807, 2.05) is 55.5 Å². The number of aromatic nitrogens is 1. The van der Waals surface area contributed by atoms with Gasteiger partial charge in [-0.3, -0.25) is 9.59 Å². The maximum Gasteiger partial charge on any atom is 0.318 e. The quantitative estimate of drug-likeness (QED) is 0.651. The third-order valence-electron chi connectivity index (χ3n) is 5.98. The monoisotopic (exact) mass is 392 g/mol. The maximum absolute atomic E-state index is 12.8. The third-order valence-corrected chi connectivity index (χ3v) is 5.98. The van der Waals surface area contributed by atoms with Crippen molar-refractivity contribution < 1.29 is 19.1 Å². The minimum atomic E-state index is -0.842. The first-order valence-corrected chi connectivity index (χ1v) is 9.58. The topological polar surface area (TPSA) is 80.4 Å². The minimum absolute atomic E-state index is 0.171. The number of nitrogens with one attached hydrogen (secondary N) is 2. The molecule has 0 amide bonds. The standard InChI is InChI=1S/C23H24N2O4/c1-23(22(27)29-3)16-9-5-7-11-18(16)25-20(23)13-19-15(12-21(26)28-2)14-8-4-6-10-17(14)24-19/h4-11,20,24-25H,12-13H2,1-3H3. The second-order valence-corrected chi connectivity index (χ2v) is 7.52. The molecule has 2 atom stereocenters. The van der Waals surface area contributed by atoms with E-state index in [0.29, 0.717) is 6.42 Å². The number of fused-ring (bicyclic) bond motifs is 2. The highest BCUT2D eigenvalue weighted by Crippen LogP contribution is 2.43. The Balaban J connectivity index is 1.77. The van der Waals surface area contributed by atoms with E-state index in [1.54, 1.807) is 0 Å². The number of aromatic amines is 1. The molecule has 0 spiro atoms. The van der Waals surface area contributed by atoms with Gasteiger partial charge in [-0.2, -0.15) is 0 Å². The number of ether oxygens (including phenoxy) is 2. The fourth-order valence-corrected chi connectivity index (χ4v) is 4.35. The molecule has 0 saturated carbocycles. The molecular weight excluding hydrogens is 368 g/mol. The van der Waals surface area contributed by atoms with E-state index in [-0.39, 0.29) is 24.4 Å². The molecule has 0 radical (unpaired) electrons. The van der Waals surface area contributed by atoms with E-state index < -0.39 is 5.41 Å². The molecular formula is C23H24N2O4. The Kier molecular flexibility index (Phi) is 4.78. The first-order valence-electron chi connectivity index (χ1n) is 9.58. The molecule has 0 fully saturated rings. The molecule has 6 heteroatoms. The number of methoxy groups -OCH3 is 2. The number of carbonyl (C=O) groups excluding carboxylic acids is 2. The van der Waals surface area contributed by atoms with Crippen LogP contribution >= 0.6 is 0 Å². The van der Waals surface area contributed by atoms with Crippen LogP contribution in [-0.4, -0.2) is 37.2 Å². The first-order chi connectivity index (χ1) is 14.0. The number of rotatable bonds is 5. The zero-order valence-corrected chi connectivity index (χ0v) is 16.7. The molecule has 29 heavy (non-hydrogen) atoms. The summed E-state index contributed by atoms with van der Waals surface area (Å²) in [5, 5.41) is 4.48. The summed E-state index contributed by atoms with van der Waals surface area (Å²) in [5.41, 5.74) is 3.77. The highest BCUT2D eigenvalue weighted by atomic mass is 16.5. The summed E-state index contributed by atoms with van der Waals surface area (Å²) in [6, 6.07) is 15.4. The van der Waals surface area contributed by atoms with E-state index in [1.165, 1.54) is 14.2 Å². The molecule has 1 aliphatic heterocycles. The lowest BCUT2D eigenvalue weighted by Gasteiger charge is -2.29. The van der Waals surface area contributed by atoms with Crippen LogP contribution in [0.15, 0.2) is 48.5 Å². The van der Waals surface area contributed by atoms with E-state index in [0.717, 1.165) is 33.4 Å². The fourth-order valence-electron chi connectivity index (χ4n) is 4.35. The predicted molar refractivity (Wildman–Crippen MR) is 111 cm³/mol. The van der Waals surface area contributed by atoms with Crippen LogP contribution < -0.4 is 5.32 Å². The van der Waals surface area contributed by atoms with Gasteiger partial charge in [-0.1, -0.05) is 36.4 Å². The predicted octanol–water partition coefficient (Wildman–Crippen LogP) is 3.35. The van der Waals surface area contributed by atoms with Gasteiger partial charge in [0.2, 0.25) is 0 Å². The molecule has 3 aromatic rings. The zero-order valence-electron chi connectivity index (χ0n) is 16.7. The van der Waals surface area contributed by atoms with Crippen LogP contribution in [0.4, 0.5) is 5.69 Å². The highest BCUT2D eigenvalue weighted by Gasteiger charge is 2.50. The van der Waals surface area contributed by atoms with Crippen LogP contribution in [-0.2, 0) is 37.3 Å². The van der Waals surface area contributed by atoms with Gasteiger partial charge in [-0.15, -0.1) is 0 Å². The Morgan fingerprint density at radius 1 is 1.03 bits per heavy atom. The summed E-state index contributed by atoms with van der Waals surface area (Å²) in [7, 11) is 2.80. The Morgan fingerprint density at radius 3 is 2.52 bits per heavy atom. The largest absolute Gasteiger partial charge is 0.469 e. The number of hydrogen-bond donors (Lipinski definition) is 2. The van der Waals surface area contributed by atoms with E-state index in [2.05, 4.69) is 10.3 Å². The second kappa shape index (κ2) is 7.28. The van der Waals surface area contributed by atoms with E-state index in [4.69, 9.17) is 9.47 Å². The lowest BCUT2D eigenvalue weighted by Crippen LogP contribution is -2.45. The van der Waals surface area contributed by atoms with Crippen LogP contribution in [0.5, 0.6) is 0 Å². The van der Waals surface area contributed by atoms with Crippen molar-refractivity contribution in [2.45, 2.75) is 31.2 Å². The maximum atomic E-state index is 12.8. The van der Waals surface area contributed by atoms with Crippen LogP contribution in [0.2, 0.25) is 0 Å². The van der Waals surface area contributed by atoms with Crippen molar-refractivity contribution in [3.8, 4) is 0 Å². The highest BCUT2D eigenvalue weighted by molar-refractivity contribution is 5.91. The van der Waals surface area contributed by atoms with Gasteiger partial charge in [-0.25, -0.2) is 0 Å².